The van der Waals surface area contributed by atoms with Crippen LogP contribution in [0.1, 0.15) is 105 Å². The highest BCUT2D eigenvalue weighted by Gasteiger charge is 2.69. The van der Waals surface area contributed by atoms with Crippen LogP contribution in [0.15, 0.2) is 12.1 Å². The van der Waals surface area contributed by atoms with Gasteiger partial charge < -0.3 is 14.6 Å². The summed E-state index contributed by atoms with van der Waals surface area (Å²) in [6, 6.07) is 4.20. The zero-order chi connectivity index (χ0) is 26.3. The molecule has 6 rings (SSSR count). The van der Waals surface area contributed by atoms with Crippen molar-refractivity contribution in [2.75, 3.05) is 0 Å². The summed E-state index contributed by atoms with van der Waals surface area (Å²) in [4.78, 5) is 12.2. The van der Waals surface area contributed by atoms with Crippen molar-refractivity contribution in [1.29, 1.82) is 0 Å². The summed E-state index contributed by atoms with van der Waals surface area (Å²) < 4.78 is 13.2. The molecule has 1 saturated carbocycles. The average Bonchev–Trinajstić information content (AvgIpc) is 3.00. The Morgan fingerprint density at radius 1 is 0.972 bits per heavy atom. The summed E-state index contributed by atoms with van der Waals surface area (Å²) >= 11 is 0. The minimum atomic E-state index is -0.775. The highest BCUT2D eigenvalue weighted by atomic mass is 17.3. The number of rotatable bonds is 3. The molecule has 6 nitrogen and oxygen atoms in total. The standard InChI is InChI=1S/C30H47NO5/c1-17-10-11-22-18(2)25(33-26-30(22)21(17)12-13-29(9,34-26)35-36-30)31-16-20-23(28(6,7)8)14-19(15-24(20)32)27(3,4)5/h14-15,17-18,21-22,25-26,31-32H,10-13,16H2,1-9H3/t17-,18-,21+,22?,25?,26-,29?,30-/m1/s1. The Morgan fingerprint density at radius 2 is 1.69 bits per heavy atom. The highest BCUT2D eigenvalue weighted by Crippen LogP contribution is 2.60. The Hall–Kier alpha value is -1.18. The van der Waals surface area contributed by atoms with E-state index >= 15 is 0 Å². The van der Waals surface area contributed by atoms with Crippen LogP contribution in [0.4, 0.5) is 0 Å². The van der Waals surface area contributed by atoms with Gasteiger partial charge in [-0.25, -0.2) is 9.78 Å². The van der Waals surface area contributed by atoms with E-state index in [9.17, 15) is 5.11 Å². The third kappa shape index (κ3) is 4.21. The highest BCUT2D eigenvalue weighted by molar-refractivity contribution is 5.48. The van der Waals surface area contributed by atoms with Gasteiger partial charge in [0.15, 0.2) is 11.9 Å². The van der Waals surface area contributed by atoms with E-state index < -0.39 is 17.7 Å². The number of hydrogen-bond acceptors (Lipinski definition) is 6. The van der Waals surface area contributed by atoms with Gasteiger partial charge in [-0.1, -0.05) is 61.5 Å². The van der Waals surface area contributed by atoms with Crippen LogP contribution in [0, 0.1) is 23.7 Å². The van der Waals surface area contributed by atoms with Crippen molar-refractivity contribution in [3.05, 3.63) is 28.8 Å². The minimum absolute atomic E-state index is 0.0399. The van der Waals surface area contributed by atoms with Crippen molar-refractivity contribution < 1.29 is 24.4 Å². The van der Waals surface area contributed by atoms with Gasteiger partial charge in [0.2, 0.25) is 5.79 Å². The van der Waals surface area contributed by atoms with E-state index in [1.54, 1.807) is 0 Å². The molecule has 0 aromatic heterocycles. The lowest BCUT2D eigenvalue weighted by Crippen LogP contribution is -2.71. The van der Waals surface area contributed by atoms with Crippen molar-refractivity contribution in [3.8, 4) is 5.75 Å². The first-order valence-electron chi connectivity index (χ1n) is 14.0. The van der Waals surface area contributed by atoms with Crippen molar-refractivity contribution in [2.45, 2.75) is 129 Å². The van der Waals surface area contributed by atoms with Gasteiger partial charge in [0, 0.05) is 30.4 Å². The molecule has 0 amide bonds. The van der Waals surface area contributed by atoms with E-state index in [0.717, 1.165) is 30.4 Å². The molecule has 6 heteroatoms. The van der Waals surface area contributed by atoms with Crippen molar-refractivity contribution in [2.24, 2.45) is 23.7 Å². The van der Waals surface area contributed by atoms with Gasteiger partial charge in [0.25, 0.3) is 0 Å². The van der Waals surface area contributed by atoms with Crippen LogP contribution in [-0.2, 0) is 36.6 Å². The molecular formula is C30H47NO5. The van der Waals surface area contributed by atoms with E-state index in [0.29, 0.717) is 24.1 Å². The van der Waals surface area contributed by atoms with E-state index in [-0.39, 0.29) is 28.9 Å². The molecule has 1 aliphatic carbocycles. The van der Waals surface area contributed by atoms with Crippen molar-refractivity contribution in [3.63, 3.8) is 0 Å². The Labute approximate surface area is 217 Å². The molecule has 4 heterocycles. The molecule has 0 radical (unpaired) electrons. The van der Waals surface area contributed by atoms with Gasteiger partial charge >= 0.3 is 0 Å². The number of phenols is 1. The molecule has 4 aliphatic heterocycles. The van der Waals surface area contributed by atoms with Crippen LogP contribution in [0.2, 0.25) is 0 Å². The van der Waals surface area contributed by atoms with Gasteiger partial charge in [0.1, 0.15) is 12.0 Å². The minimum Gasteiger partial charge on any atom is -0.508 e. The normalized spacial score (nSPS) is 40.6. The zero-order valence-corrected chi connectivity index (χ0v) is 23.7. The summed E-state index contributed by atoms with van der Waals surface area (Å²) in [6.45, 7) is 20.3. The number of hydrogen-bond donors (Lipinski definition) is 2. The lowest BCUT2D eigenvalue weighted by Gasteiger charge is -2.60. The molecule has 1 spiro atoms. The molecule has 1 aromatic carbocycles. The van der Waals surface area contributed by atoms with Crippen molar-refractivity contribution >= 4 is 0 Å². The second-order valence-corrected chi connectivity index (χ2v) is 14.2. The van der Waals surface area contributed by atoms with Gasteiger partial charge in [-0.2, -0.15) is 0 Å². The van der Waals surface area contributed by atoms with E-state index in [4.69, 9.17) is 19.2 Å². The van der Waals surface area contributed by atoms with Crippen LogP contribution in [0.25, 0.3) is 0 Å². The first-order valence-corrected chi connectivity index (χ1v) is 14.0. The lowest BCUT2D eigenvalue weighted by atomic mass is 9.58. The van der Waals surface area contributed by atoms with E-state index in [1.807, 2.05) is 13.0 Å². The van der Waals surface area contributed by atoms with E-state index in [1.165, 1.54) is 12.0 Å². The third-order valence-electron chi connectivity index (χ3n) is 9.54. The van der Waals surface area contributed by atoms with Gasteiger partial charge in [-0.15, -0.1) is 0 Å². The zero-order valence-electron chi connectivity index (χ0n) is 23.7. The summed E-state index contributed by atoms with van der Waals surface area (Å²) in [5.41, 5.74) is 2.56. The molecule has 202 valence electrons. The molecule has 4 saturated heterocycles. The third-order valence-corrected chi connectivity index (χ3v) is 9.54. The predicted molar refractivity (Wildman–Crippen MR) is 139 cm³/mol. The second-order valence-electron chi connectivity index (χ2n) is 14.2. The molecule has 3 unspecified atom stereocenters. The number of nitrogens with one attached hydrogen (secondary N) is 1. The SMILES string of the molecule is C[C@H]1C(NCc2c(O)cc(C(C)(C)C)cc2C(C)(C)C)O[C@@H]2OC3(C)CC[C@H]4[C@H](C)CCC1[C@@]24OO3. The molecule has 36 heavy (non-hydrogen) atoms. The number of benzene rings is 1. The first kappa shape index (κ1) is 26.4. The Morgan fingerprint density at radius 3 is 2.36 bits per heavy atom. The fraction of sp³-hybridized carbons (Fsp3) is 0.800. The maximum absolute atomic E-state index is 11.2. The van der Waals surface area contributed by atoms with Crippen molar-refractivity contribution in [1.82, 2.24) is 5.32 Å². The van der Waals surface area contributed by atoms with Crippen LogP contribution in [0.3, 0.4) is 0 Å². The van der Waals surface area contributed by atoms with Gasteiger partial charge in [-0.3, -0.25) is 5.32 Å². The summed E-state index contributed by atoms with van der Waals surface area (Å²) in [5, 5.41) is 14.8. The molecule has 5 aliphatic rings. The summed E-state index contributed by atoms with van der Waals surface area (Å²) in [6.07, 6.45) is 3.42. The van der Waals surface area contributed by atoms with Crippen LogP contribution in [-0.4, -0.2) is 29.0 Å². The summed E-state index contributed by atoms with van der Waals surface area (Å²) in [7, 11) is 0. The Bertz CT molecular complexity index is 996. The topological polar surface area (TPSA) is 69.2 Å². The molecule has 8 atom stereocenters. The van der Waals surface area contributed by atoms with Crippen LogP contribution in [0.5, 0.6) is 5.75 Å². The fourth-order valence-electron chi connectivity index (χ4n) is 7.29. The van der Waals surface area contributed by atoms with Crippen LogP contribution >= 0.6 is 0 Å². The quantitative estimate of drug-likeness (QED) is 0.475. The first-order chi connectivity index (χ1) is 16.7. The monoisotopic (exact) mass is 501 g/mol. The van der Waals surface area contributed by atoms with E-state index in [2.05, 4.69) is 66.8 Å². The molecule has 1 aromatic rings. The largest absolute Gasteiger partial charge is 0.508 e. The fourth-order valence-corrected chi connectivity index (χ4v) is 7.29. The molecular weight excluding hydrogens is 454 g/mol. The van der Waals surface area contributed by atoms with Gasteiger partial charge in [0.05, 0.1) is 0 Å². The Kier molecular flexibility index (Phi) is 6.36. The predicted octanol–water partition coefficient (Wildman–Crippen LogP) is 6.28. The average molecular weight is 502 g/mol. The molecule has 2 N–H and O–H groups in total. The number of phenolic OH excluding ortho intramolecular Hbond substituents is 1. The van der Waals surface area contributed by atoms with Crippen LogP contribution < -0.4 is 5.32 Å². The Balaban J connectivity index is 1.44. The second kappa shape index (κ2) is 8.67. The number of fused-ring (bicyclic) bond motifs is 2. The lowest BCUT2D eigenvalue weighted by molar-refractivity contribution is -0.571. The number of aromatic hydroxyl groups is 1. The number of ether oxygens (including phenoxy) is 2. The molecule has 5 fully saturated rings. The maximum atomic E-state index is 11.2. The smallest absolute Gasteiger partial charge is 0.201 e. The molecule has 2 bridgehead atoms. The maximum Gasteiger partial charge on any atom is 0.201 e. The summed E-state index contributed by atoms with van der Waals surface area (Å²) in [5.74, 6) is 0.958. The van der Waals surface area contributed by atoms with Gasteiger partial charge in [-0.05, 0) is 66.0 Å².